The first kappa shape index (κ1) is 12.4. The topological polar surface area (TPSA) is 70.6 Å². The Morgan fingerprint density at radius 3 is 2.80 bits per heavy atom. The zero-order chi connectivity index (χ0) is 11.1. The molecule has 1 fully saturated rings. The molecule has 1 rings (SSSR count). The van der Waals surface area contributed by atoms with Crippen LogP contribution in [0.25, 0.3) is 0 Å². The molecule has 0 saturated heterocycles. The molecule has 0 spiro atoms. The van der Waals surface area contributed by atoms with E-state index in [0.29, 0.717) is 19.7 Å². The van der Waals surface area contributed by atoms with Crippen LogP contribution in [-0.4, -0.2) is 50.0 Å². The molecule has 0 unspecified atom stereocenters. The highest BCUT2D eigenvalue weighted by Crippen LogP contribution is 2.30. The van der Waals surface area contributed by atoms with Crippen molar-refractivity contribution in [3.05, 3.63) is 0 Å². The first-order valence-corrected chi connectivity index (χ1v) is 5.35. The van der Waals surface area contributed by atoms with Crippen molar-refractivity contribution in [3.8, 4) is 0 Å². The van der Waals surface area contributed by atoms with E-state index in [1.807, 2.05) is 0 Å². The van der Waals surface area contributed by atoms with Gasteiger partial charge in [0, 0.05) is 20.2 Å². The Morgan fingerprint density at radius 1 is 1.53 bits per heavy atom. The Hall–Kier alpha value is -0.650. The van der Waals surface area contributed by atoms with Crippen molar-refractivity contribution in [1.29, 1.82) is 0 Å². The molecule has 0 atom stereocenters. The van der Waals surface area contributed by atoms with E-state index in [9.17, 15) is 9.90 Å². The zero-order valence-electron chi connectivity index (χ0n) is 9.21. The maximum Gasteiger partial charge on any atom is 0.234 e. The number of aliphatic hydroxyl groups is 1. The fraction of sp³-hybridized carbons (Fsp3) is 0.900. The average molecular weight is 216 g/mol. The lowest BCUT2D eigenvalue weighted by molar-refractivity contribution is -0.120. The Labute approximate surface area is 90.2 Å². The van der Waals surface area contributed by atoms with E-state index in [-0.39, 0.29) is 12.5 Å². The molecule has 0 heterocycles. The van der Waals surface area contributed by atoms with Crippen LogP contribution in [0.4, 0.5) is 0 Å². The highest BCUT2D eigenvalue weighted by Gasteiger charge is 2.33. The van der Waals surface area contributed by atoms with Crippen molar-refractivity contribution in [2.75, 3.05) is 33.4 Å². The van der Waals surface area contributed by atoms with Crippen LogP contribution in [0.3, 0.4) is 0 Å². The standard InChI is InChI=1S/C10H20N2O3/c1-15-6-5-12-9(13)7-11-8-10(14)3-2-4-10/h11,14H,2-8H2,1H3,(H,12,13). The highest BCUT2D eigenvalue weighted by atomic mass is 16.5. The third-order valence-corrected chi connectivity index (χ3v) is 2.65. The molecule has 15 heavy (non-hydrogen) atoms. The zero-order valence-corrected chi connectivity index (χ0v) is 9.21. The van der Waals surface area contributed by atoms with Crippen LogP contribution in [0.15, 0.2) is 0 Å². The Bertz CT molecular complexity index is 205. The third kappa shape index (κ3) is 4.59. The minimum atomic E-state index is -0.563. The SMILES string of the molecule is COCCNC(=O)CNCC1(O)CCC1. The quantitative estimate of drug-likeness (QED) is 0.490. The predicted octanol–water partition coefficient (Wildman–Crippen LogP) is -0.746. The van der Waals surface area contributed by atoms with E-state index in [1.54, 1.807) is 7.11 Å². The van der Waals surface area contributed by atoms with Gasteiger partial charge in [-0.2, -0.15) is 0 Å². The molecule has 1 aliphatic carbocycles. The van der Waals surface area contributed by atoms with Crippen LogP contribution in [0.2, 0.25) is 0 Å². The molecular formula is C10H20N2O3. The van der Waals surface area contributed by atoms with E-state index >= 15 is 0 Å². The van der Waals surface area contributed by atoms with Gasteiger partial charge in [-0.05, 0) is 19.3 Å². The highest BCUT2D eigenvalue weighted by molar-refractivity contribution is 5.77. The minimum absolute atomic E-state index is 0.0602. The van der Waals surface area contributed by atoms with Gasteiger partial charge < -0.3 is 20.5 Å². The summed E-state index contributed by atoms with van der Waals surface area (Å²) in [5.74, 6) is -0.0602. The number of nitrogens with one attached hydrogen (secondary N) is 2. The minimum Gasteiger partial charge on any atom is -0.389 e. The normalized spacial score (nSPS) is 18.3. The van der Waals surface area contributed by atoms with Crippen LogP contribution in [0, 0.1) is 0 Å². The maximum atomic E-state index is 11.2. The molecule has 5 heteroatoms. The van der Waals surface area contributed by atoms with Crippen molar-refractivity contribution in [1.82, 2.24) is 10.6 Å². The van der Waals surface area contributed by atoms with Crippen LogP contribution in [0.1, 0.15) is 19.3 Å². The van der Waals surface area contributed by atoms with Gasteiger partial charge in [-0.3, -0.25) is 4.79 Å². The monoisotopic (exact) mass is 216 g/mol. The lowest BCUT2D eigenvalue weighted by Gasteiger charge is -2.36. The van der Waals surface area contributed by atoms with Crippen LogP contribution < -0.4 is 10.6 Å². The van der Waals surface area contributed by atoms with Gasteiger partial charge in [-0.25, -0.2) is 0 Å². The molecule has 0 aromatic carbocycles. The molecule has 0 aliphatic heterocycles. The number of amides is 1. The van der Waals surface area contributed by atoms with E-state index in [0.717, 1.165) is 19.3 Å². The van der Waals surface area contributed by atoms with Crippen molar-refractivity contribution in [2.24, 2.45) is 0 Å². The number of carbonyl (C=O) groups excluding carboxylic acids is 1. The summed E-state index contributed by atoms with van der Waals surface area (Å²) in [6, 6.07) is 0. The molecule has 0 aromatic heterocycles. The second-order valence-corrected chi connectivity index (χ2v) is 4.02. The lowest BCUT2D eigenvalue weighted by Crippen LogP contribution is -2.48. The van der Waals surface area contributed by atoms with Gasteiger partial charge in [0.1, 0.15) is 0 Å². The van der Waals surface area contributed by atoms with E-state index in [1.165, 1.54) is 0 Å². The first-order valence-electron chi connectivity index (χ1n) is 5.35. The smallest absolute Gasteiger partial charge is 0.234 e. The number of methoxy groups -OCH3 is 1. The molecule has 3 N–H and O–H groups in total. The maximum absolute atomic E-state index is 11.2. The second kappa shape index (κ2) is 6.05. The largest absolute Gasteiger partial charge is 0.389 e. The van der Waals surface area contributed by atoms with Gasteiger partial charge in [0.05, 0.1) is 18.8 Å². The van der Waals surface area contributed by atoms with E-state index in [2.05, 4.69) is 10.6 Å². The van der Waals surface area contributed by atoms with E-state index < -0.39 is 5.60 Å². The van der Waals surface area contributed by atoms with Crippen LogP contribution >= 0.6 is 0 Å². The number of carbonyl (C=O) groups is 1. The van der Waals surface area contributed by atoms with Gasteiger partial charge in [0.25, 0.3) is 0 Å². The number of hydrogen-bond donors (Lipinski definition) is 3. The summed E-state index contributed by atoms with van der Waals surface area (Å²) in [5, 5.41) is 15.4. The summed E-state index contributed by atoms with van der Waals surface area (Å²) in [7, 11) is 1.59. The van der Waals surface area contributed by atoms with Gasteiger partial charge in [0.15, 0.2) is 0 Å². The second-order valence-electron chi connectivity index (χ2n) is 4.02. The van der Waals surface area contributed by atoms with Gasteiger partial charge >= 0.3 is 0 Å². The molecule has 88 valence electrons. The molecule has 1 aliphatic rings. The summed E-state index contributed by atoms with van der Waals surface area (Å²) in [5.41, 5.74) is -0.563. The van der Waals surface area contributed by atoms with Gasteiger partial charge in [0.2, 0.25) is 5.91 Å². The Morgan fingerprint density at radius 2 is 2.27 bits per heavy atom. The number of ether oxygens (including phenoxy) is 1. The van der Waals surface area contributed by atoms with Crippen molar-refractivity contribution in [2.45, 2.75) is 24.9 Å². The van der Waals surface area contributed by atoms with Crippen LogP contribution in [0.5, 0.6) is 0 Å². The molecule has 0 radical (unpaired) electrons. The van der Waals surface area contributed by atoms with Crippen molar-refractivity contribution in [3.63, 3.8) is 0 Å². The van der Waals surface area contributed by atoms with Crippen molar-refractivity contribution >= 4 is 5.91 Å². The van der Waals surface area contributed by atoms with Gasteiger partial charge in [-0.1, -0.05) is 0 Å². The molecule has 0 aromatic rings. The molecule has 5 nitrogen and oxygen atoms in total. The van der Waals surface area contributed by atoms with Gasteiger partial charge in [-0.15, -0.1) is 0 Å². The fourth-order valence-corrected chi connectivity index (χ4v) is 1.53. The van der Waals surface area contributed by atoms with E-state index in [4.69, 9.17) is 4.74 Å². The Kier molecular flexibility index (Phi) is 5.01. The summed E-state index contributed by atoms with van der Waals surface area (Å²) in [6.07, 6.45) is 2.76. The summed E-state index contributed by atoms with van der Waals surface area (Å²) in [6.45, 7) is 1.81. The summed E-state index contributed by atoms with van der Waals surface area (Å²) >= 11 is 0. The first-order chi connectivity index (χ1) is 7.16. The fourth-order valence-electron chi connectivity index (χ4n) is 1.53. The van der Waals surface area contributed by atoms with Crippen molar-refractivity contribution < 1.29 is 14.6 Å². The number of rotatable bonds is 7. The third-order valence-electron chi connectivity index (χ3n) is 2.65. The average Bonchev–Trinajstić information content (AvgIpc) is 2.16. The molecule has 1 amide bonds. The molecule has 1 saturated carbocycles. The molecular weight excluding hydrogens is 196 g/mol. The summed E-state index contributed by atoms with van der Waals surface area (Å²) in [4.78, 5) is 11.2. The number of hydrogen-bond acceptors (Lipinski definition) is 4. The van der Waals surface area contributed by atoms with Crippen LogP contribution in [-0.2, 0) is 9.53 Å². The summed E-state index contributed by atoms with van der Waals surface area (Å²) < 4.78 is 4.80. The molecule has 0 bridgehead atoms. The lowest BCUT2D eigenvalue weighted by atomic mass is 9.80. The predicted molar refractivity (Wildman–Crippen MR) is 56.6 cm³/mol. The Balaban J connectivity index is 1.97.